The summed E-state index contributed by atoms with van der Waals surface area (Å²) in [6.45, 7) is 4.47. The van der Waals surface area contributed by atoms with Gasteiger partial charge in [-0.05, 0) is 7.05 Å². The fourth-order valence-corrected chi connectivity index (χ4v) is 1.59. The van der Waals surface area contributed by atoms with Crippen LogP contribution in [0, 0.1) is 0 Å². The Kier molecular flexibility index (Phi) is 3.79. The first-order chi connectivity index (χ1) is 6.59. The second kappa shape index (κ2) is 4.88. The number of carbonyl (C=O) groups is 1. The van der Waals surface area contributed by atoms with E-state index in [0.717, 1.165) is 5.69 Å². The van der Waals surface area contributed by atoms with Gasteiger partial charge in [-0.3, -0.25) is 4.90 Å². The van der Waals surface area contributed by atoms with Gasteiger partial charge < -0.3 is 5.11 Å². The Morgan fingerprint density at radius 2 is 2.50 bits per heavy atom. The molecule has 0 fully saturated rings. The quantitative estimate of drug-likeness (QED) is 0.745. The van der Waals surface area contributed by atoms with Gasteiger partial charge in [0.25, 0.3) is 0 Å². The van der Waals surface area contributed by atoms with E-state index in [4.69, 9.17) is 5.11 Å². The number of likely N-dealkylation sites (N-methyl/N-ethyl adjacent to an activating group) is 1. The fraction of sp³-hybridized carbons (Fsp3) is 0.333. The monoisotopic (exact) mass is 212 g/mol. The van der Waals surface area contributed by atoms with Crippen LogP contribution in [0.5, 0.6) is 0 Å². The number of rotatable bonds is 5. The van der Waals surface area contributed by atoms with Crippen LogP contribution < -0.4 is 0 Å². The lowest BCUT2D eigenvalue weighted by molar-refractivity contribution is -0.132. The van der Waals surface area contributed by atoms with Crippen molar-refractivity contribution >= 4 is 17.3 Å². The summed E-state index contributed by atoms with van der Waals surface area (Å²) in [4.78, 5) is 16.5. The second-order valence-electron chi connectivity index (χ2n) is 3.06. The average Bonchev–Trinajstić information content (AvgIpc) is 2.56. The molecule has 4 nitrogen and oxygen atoms in total. The molecule has 1 aromatic heterocycles. The third-order valence-corrected chi connectivity index (χ3v) is 2.31. The van der Waals surface area contributed by atoms with E-state index in [1.807, 2.05) is 17.3 Å². The molecule has 1 N–H and O–H groups in total. The minimum absolute atomic E-state index is 0.197. The lowest BCUT2D eigenvalue weighted by Crippen LogP contribution is -2.23. The van der Waals surface area contributed by atoms with E-state index in [9.17, 15) is 4.79 Å². The lowest BCUT2D eigenvalue weighted by atomic mass is 10.3. The second-order valence-corrected chi connectivity index (χ2v) is 3.78. The van der Waals surface area contributed by atoms with Crippen molar-refractivity contribution in [3.8, 4) is 0 Å². The maximum Gasteiger partial charge on any atom is 0.332 e. The molecule has 1 heterocycles. The molecule has 0 aromatic carbocycles. The lowest BCUT2D eigenvalue weighted by Gasteiger charge is -2.14. The molecule has 14 heavy (non-hydrogen) atoms. The van der Waals surface area contributed by atoms with Crippen molar-refractivity contribution in [3.63, 3.8) is 0 Å². The molecule has 0 bridgehead atoms. The Balaban J connectivity index is 2.40. The summed E-state index contributed by atoms with van der Waals surface area (Å²) in [5.74, 6) is -0.949. The number of nitrogens with zero attached hydrogens (tertiary/aromatic N) is 2. The summed E-state index contributed by atoms with van der Waals surface area (Å²) in [5, 5.41) is 10.6. The smallest absolute Gasteiger partial charge is 0.332 e. The van der Waals surface area contributed by atoms with E-state index in [2.05, 4.69) is 11.6 Å². The molecule has 0 spiro atoms. The van der Waals surface area contributed by atoms with Gasteiger partial charge in [0, 0.05) is 24.0 Å². The highest BCUT2D eigenvalue weighted by molar-refractivity contribution is 7.07. The first kappa shape index (κ1) is 10.9. The number of hydrogen-bond acceptors (Lipinski definition) is 4. The predicted octanol–water partition coefficient (Wildman–Crippen LogP) is 1.22. The molecule has 0 aliphatic heterocycles. The third kappa shape index (κ3) is 3.27. The number of hydrogen-bond donors (Lipinski definition) is 1. The van der Waals surface area contributed by atoms with E-state index in [1.165, 1.54) is 11.3 Å². The van der Waals surface area contributed by atoms with Gasteiger partial charge in [0.05, 0.1) is 11.2 Å². The van der Waals surface area contributed by atoms with Crippen molar-refractivity contribution < 1.29 is 9.90 Å². The Labute approximate surface area is 86.5 Å². The highest BCUT2D eigenvalue weighted by Gasteiger charge is 2.08. The standard InChI is InChI=1S/C9H12N2O2S/c1-7(9(12)13)3-11(2)4-8-5-14-6-10-8/h5-6H,1,3-4H2,2H3,(H,12,13). The van der Waals surface area contributed by atoms with Crippen molar-refractivity contribution in [2.75, 3.05) is 13.6 Å². The summed E-state index contributed by atoms with van der Waals surface area (Å²) in [5.41, 5.74) is 2.91. The minimum Gasteiger partial charge on any atom is -0.478 e. The third-order valence-electron chi connectivity index (χ3n) is 1.68. The van der Waals surface area contributed by atoms with Crippen LogP contribution in [-0.2, 0) is 11.3 Å². The number of carboxylic acids is 1. The minimum atomic E-state index is -0.949. The Hall–Kier alpha value is -1.20. The highest BCUT2D eigenvalue weighted by Crippen LogP contribution is 2.05. The predicted molar refractivity (Wildman–Crippen MR) is 55.2 cm³/mol. The van der Waals surface area contributed by atoms with Crippen LogP contribution in [0.2, 0.25) is 0 Å². The average molecular weight is 212 g/mol. The maximum atomic E-state index is 10.5. The van der Waals surface area contributed by atoms with E-state index < -0.39 is 5.97 Å². The van der Waals surface area contributed by atoms with Crippen molar-refractivity contribution in [3.05, 3.63) is 28.7 Å². The Morgan fingerprint density at radius 3 is 3.00 bits per heavy atom. The molecule has 0 aliphatic carbocycles. The molecule has 0 saturated heterocycles. The van der Waals surface area contributed by atoms with Gasteiger partial charge in [-0.25, -0.2) is 9.78 Å². The number of carboxylic acid groups (broad SMARTS) is 1. The maximum absolute atomic E-state index is 10.5. The highest BCUT2D eigenvalue weighted by atomic mass is 32.1. The van der Waals surface area contributed by atoms with E-state index in [0.29, 0.717) is 13.1 Å². The van der Waals surface area contributed by atoms with Crippen molar-refractivity contribution in [2.24, 2.45) is 0 Å². The molecule has 0 radical (unpaired) electrons. The molecule has 0 aliphatic rings. The molecule has 76 valence electrons. The number of aliphatic carboxylic acids is 1. The van der Waals surface area contributed by atoms with Crippen LogP contribution in [0.3, 0.4) is 0 Å². The van der Waals surface area contributed by atoms with Gasteiger partial charge in [0.2, 0.25) is 0 Å². The molecular weight excluding hydrogens is 200 g/mol. The van der Waals surface area contributed by atoms with Gasteiger partial charge in [-0.1, -0.05) is 6.58 Å². The normalized spacial score (nSPS) is 10.4. The molecule has 0 atom stereocenters. The zero-order chi connectivity index (χ0) is 10.6. The van der Waals surface area contributed by atoms with Crippen molar-refractivity contribution in [1.82, 2.24) is 9.88 Å². The van der Waals surface area contributed by atoms with Crippen LogP contribution in [0.15, 0.2) is 23.0 Å². The first-order valence-electron chi connectivity index (χ1n) is 4.06. The van der Waals surface area contributed by atoms with Gasteiger partial charge in [-0.2, -0.15) is 0 Å². The molecule has 1 aromatic rings. The van der Waals surface area contributed by atoms with Crippen LogP contribution >= 0.6 is 11.3 Å². The topological polar surface area (TPSA) is 53.4 Å². The molecular formula is C9H12N2O2S. The van der Waals surface area contributed by atoms with Gasteiger partial charge in [0.15, 0.2) is 0 Å². The van der Waals surface area contributed by atoms with Gasteiger partial charge in [0.1, 0.15) is 0 Å². The summed E-state index contributed by atoms with van der Waals surface area (Å²) >= 11 is 1.53. The summed E-state index contributed by atoms with van der Waals surface area (Å²) in [7, 11) is 1.84. The zero-order valence-corrected chi connectivity index (χ0v) is 8.75. The van der Waals surface area contributed by atoms with Gasteiger partial charge >= 0.3 is 5.97 Å². The van der Waals surface area contributed by atoms with Crippen LogP contribution in [0.4, 0.5) is 0 Å². The van der Waals surface area contributed by atoms with Gasteiger partial charge in [-0.15, -0.1) is 11.3 Å². The molecule has 0 amide bonds. The fourth-order valence-electron chi connectivity index (χ4n) is 1.04. The van der Waals surface area contributed by atoms with E-state index >= 15 is 0 Å². The summed E-state index contributed by atoms with van der Waals surface area (Å²) in [6, 6.07) is 0. The molecule has 5 heteroatoms. The van der Waals surface area contributed by atoms with Crippen LogP contribution in [-0.4, -0.2) is 34.6 Å². The van der Waals surface area contributed by atoms with Crippen LogP contribution in [0.25, 0.3) is 0 Å². The Morgan fingerprint density at radius 1 is 1.79 bits per heavy atom. The summed E-state index contributed by atoms with van der Waals surface area (Å²) in [6.07, 6.45) is 0. The van der Waals surface area contributed by atoms with E-state index in [1.54, 1.807) is 5.51 Å². The first-order valence-corrected chi connectivity index (χ1v) is 5.00. The largest absolute Gasteiger partial charge is 0.478 e. The van der Waals surface area contributed by atoms with Crippen molar-refractivity contribution in [1.29, 1.82) is 0 Å². The van der Waals surface area contributed by atoms with E-state index in [-0.39, 0.29) is 5.57 Å². The zero-order valence-electron chi connectivity index (χ0n) is 7.93. The molecule has 0 saturated carbocycles. The summed E-state index contributed by atoms with van der Waals surface area (Å²) < 4.78 is 0. The van der Waals surface area contributed by atoms with Crippen LogP contribution in [0.1, 0.15) is 5.69 Å². The SMILES string of the molecule is C=C(CN(C)Cc1cscn1)C(=O)O. The Bertz CT molecular complexity index is 322. The molecule has 0 unspecified atom stereocenters. The van der Waals surface area contributed by atoms with Crippen molar-refractivity contribution in [2.45, 2.75) is 6.54 Å². The number of aromatic nitrogens is 1. The molecule has 1 rings (SSSR count). The number of thiazole rings is 1.